The van der Waals surface area contributed by atoms with E-state index in [0.29, 0.717) is 0 Å². The predicted molar refractivity (Wildman–Crippen MR) is 54.6 cm³/mol. The Hall–Kier alpha value is -1.16. The van der Waals surface area contributed by atoms with Crippen LogP contribution in [0.1, 0.15) is 18.0 Å². The standard InChI is InChI=1S/C10H8BrNO2/c11-7-3-1-6(2-4-7)10-8(13)5-9(14)12-10/h1-4,10H,5H2,(H,12,14)/t10-/m0/s1. The summed E-state index contributed by atoms with van der Waals surface area (Å²) in [5.41, 5.74) is 0.837. The molecule has 1 saturated heterocycles. The number of carbonyl (C=O) groups excluding carboxylic acids is 2. The molecule has 0 aliphatic carbocycles. The van der Waals surface area contributed by atoms with Crippen molar-refractivity contribution in [3.63, 3.8) is 0 Å². The van der Waals surface area contributed by atoms with E-state index in [9.17, 15) is 9.59 Å². The summed E-state index contributed by atoms with van der Waals surface area (Å²) in [5.74, 6) is -0.250. The van der Waals surface area contributed by atoms with Crippen molar-refractivity contribution < 1.29 is 9.59 Å². The third-order valence-electron chi connectivity index (χ3n) is 2.17. The molecule has 1 aromatic rings. The molecule has 4 heteroatoms. The Morgan fingerprint density at radius 2 is 1.86 bits per heavy atom. The Kier molecular flexibility index (Phi) is 2.37. The fraction of sp³-hybridized carbons (Fsp3) is 0.200. The summed E-state index contributed by atoms with van der Waals surface area (Å²) >= 11 is 3.31. The Balaban J connectivity index is 2.27. The Morgan fingerprint density at radius 1 is 1.21 bits per heavy atom. The van der Waals surface area contributed by atoms with Crippen molar-refractivity contribution in [3.8, 4) is 0 Å². The summed E-state index contributed by atoms with van der Waals surface area (Å²) < 4.78 is 0.957. The Bertz CT molecular complexity index is 386. The van der Waals surface area contributed by atoms with Gasteiger partial charge in [0.25, 0.3) is 0 Å². The summed E-state index contributed by atoms with van der Waals surface area (Å²) in [7, 11) is 0. The number of hydrogen-bond donors (Lipinski definition) is 1. The van der Waals surface area contributed by atoms with Crippen molar-refractivity contribution in [1.29, 1.82) is 0 Å². The zero-order chi connectivity index (χ0) is 10.1. The highest BCUT2D eigenvalue weighted by molar-refractivity contribution is 9.10. The van der Waals surface area contributed by atoms with Crippen LogP contribution in [0.25, 0.3) is 0 Å². The molecule has 14 heavy (non-hydrogen) atoms. The number of Topliss-reactive ketones (excluding diaryl/α,β-unsaturated/α-hetero) is 1. The van der Waals surface area contributed by atoms with E-state index in [0.717, 1.165) is 10.0 Å². The topological polar surface area (TPSA) is 46.2 Å². The number of ketones is 1. The fourth-order valence-electron chi connectivity index (χ4n) is 1.48. The average Bonchev–Trinajstić information content (AvgIpc) is 2.47. The van der Waals surface area contributed by atoms with E-state index in [-0.39, 0.29) is 18.1 Å². The molecule has 1 atom stereocenters. The van der Waals surface area contributed by atoms with Crippen LogP contribution in [0, 0.1) is 0 Å². The first-order valence-corrected chi connectivity index (χ1v) is 5.03. The van der Waals surface area contributed by atoms with Crippen molar-refractivity contribution in [2.45, 2.75) is 12.5 Å². The van der Waals surface area contributed by atoms with Gasteiger partial charge < -0.3 is 5.32 Å². The average molecular weight is 254 g/mol. The zero-order valence-electron chi connectivity index (χ0n) is 7.29. The van der Waals surface area contributed by atoms with Crippen LogP contribution in [0.3, 0.4) is 0 Å². The van der Waals surface area contributed by atoms with Gasteiger partial charge in [0, 0.05) is 4.47 Å². The van der Waals surface area contributed by atoms with Gasteiger partial charge in [-0.1, -0.05) is 28.1 Å². The van der Waals surface area contributed by atoms with Crippen LogP contribution < -0.4 is 5.32 Å². The van der Waals surface area contributed by atoms with Crippen LogP contribution in [0.15, 0.2) is 28.7 Å². The molecule has 1 amide bonds. The number of rotatable bonds is 1. The first-order chi connectivity index (χ1) is 6.66. The SMILES string of the molecule is O=C1CC(=O)[C@H](c2ccc(Br)cc2)N1. The molecular weight excluding hydrogens is 246 g/mol. The lowest BCUT2D eigenvalue weighted by Crippen LogP contribution is -2.20. The van der Waals surface area contributed by atoms with Crippen molar-refractivity contribution in [2.24, 2.45) is 0 Å². The van der Waals surface area contributed by atoms with Crippen molar-refractivity contribution >= 4 is 27.6 Å². The van der Waals surface area contributed by atoms with Gasteiger partial charge in [0.2, 0.25) is 5.91 Å². The van der Waals surface area contributed by atoms with E-state index in [1.165, 1.54) is 0 Å². The van der Waals surface area contributed by atoms with Gasteiger partial charge in [0.05, 0.1) is 6.42 Å². The second kappa shape index (κ2) is 3.53. The zero-order valence-corrected chi connectivity index (χ0v) is 8.87. The quantitative estimate of drug-likeness (QED) is 0.773. The maximum atomic E-state index is 11.4. The van der Waals surface area contributed by atoms with E-state index >= 15 is 0 Å². The molecule has 1 aromatic carbocycles. The Morgan fingerprint density at radius 3 is 2.36 bits per heavy atom. The third kappa shape index (κ3) is 1.70. The molecule has 1 aliphatic heterocycles. The minimum absolute atomic E-state index is 0.000725. The van der Waals surface area contributed by atoms with Gasteiger partial charge in [-0.3, -0.25) is 9.59 Å². The molecule has 0 spiro atoms. The second-order valence-corrected chi connectivity index (χ2v) is 4.11. The highest BCUT2D eigenvalue weighted by Crippen LogP contribution is 2.22. The minimum Gasteiger partial charge on any atom is -0.342 e. The molecule has 0 bridgehead atoms. The van der Waals surface area contributed by atoms with Gasteiger partial charge >= 0.3 is 0 Å². The van der Waals surface area contributed by atoms with E-state index < -0.39 is 6.04 Å². The summed E-state index contributed by atoms with van der Waals surface area (Å²) in [6.45, 7) is 0. The lowest BCUT2D eigenvalue weighted by Gasteiger charge is -2.08. The molecule has 1 heterocycles. The lowest BCUT2D eigenvalue weighted by molar-refractivity contribution is -0.122. The molecular formula is C10H8BrNO2. The molecule has 1 N–H and O–H groups in total. The monoisotopic (exact) mass is 253 g/mol. The maximum Gasteiger partial charge on any atom is 0.228 e. The molecule has 1 aliphatic rings. The summed E-state index contributed by atoms with van der Waals surface area (Å²) in [4.78, 5) is 22.3. The predicted octanol–water partition coefficient (Wildman–Crippen LogP) is 1.58. The first-order valence-electron chi connectivity index (χ1n) is 4.24. The highest BCUT2D eigenvalue weighted by Gasteiger charge is 2.30. The molecule has 0 saturated carbocycles. The van der Waals surface area contributed by atoms with Crippen molar-refractivity contribution in [3.05, 3.63) is 34.3 Å². The van der Waals surface area contributed by atoms with Crippen LogP contribution in [0.2, 0.25) is 0 Å². The van der Waals surface area contributed by atoms with Gasteiger partial charge in [-0.15, -0.1) is 0 Å². The number of halogens is 1. The molecule has 1 fully saturated rings. The van der Waals surface area contributed by atoms with Crippen LogP contribution in [0.4, 0.5) is 0 Å². The second-order valence-electron chi connectivity index (χ2n) is 3.20. The lowest BCUT2D eigenvalue weighted by atomic mass is 10.0. The van der Waals surface area contributed by atoms with Crippen LogP contribution in [-0.4, -0.2) is 11.7 Å². The van der Waals surface area contributed by atoms with E-state index in [4.69, 9.17) is 0 Å². The molecule has 0 aromatic heterocycles. The number of amides is 1. The van der Waals surface area contributed by atoms with E-state index in [2.05, 4.69) is 21.2 Å². The largest absolute Gasteiger partial charge is 0.342 e. The number of carbonyl (C=O) groups is 2. The molecule has 2 rings (SSSR count). The van der Waals surface area contributed by atoms with Gasteiger partial charge in [-0.25, -0.2) is 0 Å². The molecule has 0 radical (unpaired) electrons. The van der Waals surface area contributed by atoms with Gasteiger partial charge in [0.15, 0.2) is 5.78 Å². The number of benzene rings is 1. The normalized spacial score (nSPS) is 21.1. The number of hydrogen-bond acceptors (Lipinski definition) is 2. The van der Waals surface area contributed by atoms with E-state index in [1.54, 1.807) is 0 Å². The molecule has 72 valence electrons. The Labute approximate surface area is 89.6 Å². The third-order valence-corrected chi connectivity index (χ3v) is 2.69. The fourth-order valence-corrected chi connectivity index (χ4v) is 1.74. The summed E-state index contributed by atoms with van der Waals surface area (Å²) in [6.07, 6.45) is 0.000725. The molecule has 0 unspecified atom stereocenters. The van der Waals surface area contributed by atoms with Crippen molar-refractivity contribution in [2.75, 3.05) is 0 Å². The van der Waals surface area contributed by atoms with Gasteiger partial charge in [0.1, 0.15) is 6.04 Å². The molecule has 3 nitrogen and oxygen atoms in total. The highest BCUT2D eigenvalue weighted by atomic mass is 79.9. The minimum atomic E-state index is -0.449. The number of nitrogens with one attached hydrogen (secondary N) is 1. The summed E-state index contributed by atoms with van der Waals surface area (Å²) in [6, 6.07) is 6.92. The first kappa shape index (κ1) is 9.40. The maximum absolute atomic E-state index is 11.4. The van der Waals surface area contributed by atoms with Crippen LogP contribution in [-0.2, 0) is 9.59 Å². The smallest absolute Gasteiger partial charge is 0.228 e. The van der Waals surface area contributed by atoms with Crippen LogP contribution >= 0.6 is 15.9 Å². The van der Waals surface area contributed by atoms with Crippen LogP contribution in [0.5, 0.6) is 0 Å². The van der Waals surface area contributed by atoms with Gasteiger partial charge in [-0.2, -0.15) is 0 Å². The van der Waals surface area contributed by atoms with E-state index in [1.807, 2.05) is 24.3 Å². The van der Waals surface area contributed by atoms with Crippen molar-refractivity contribution in [1.82, 2.24) is 5.32 Å². The van der Waals surface area contributed by atoms with Gasteiger partial charge in [-0.05, 0) is 17.7 Å². The summed E-state index contributed by atoms with van der Waals surface area (Å²) in [5, 5.41) is 2.64.